The summed E-state index contributed by atoms with van der Waals surface area (Å²) in [7, 11) is 0. The second-order valence-electron chi connectivity index (χ2n) is 4.97. The largest absolute Gasteiger partial charge is 0.464 e. The van der Waals surface area contributed by atoms with Gasteiger partial charge in [0.15, 0.2) is 0 Å². The Bertz CT molecular complexity index is 1100. The molecule has 0 spiro atoms. The van der Waals surface area contributed by atoms with E-state index in [1.54, 1.807) is 36.6 Å². The topological polar surface area (TPSA) is 60.4 Å². The van der Waals surface area contributed by atoms with Crippen LogP contribution in [0.4, 0.5) is 4.39 Å². The maximum absolute atomic E-state index is 13.6. The molecular formula is C17H10FN3O2S. The molecule has 1 aromatic carbocycles. The molecule has 0 aliphatic heterocycles. The lowest BCUT2D eigenvalue weighted by atomic mass is 10.2. The SMILES string of the molecule is O=c1c2c(-c3ccco3)csc2ncn1/N=C\c1ccccc1F. The number of aromatic nitrogens is 2. The van der Waals surface area contributed by atoms with Gasteiger partial charge in [0.2, 0.25) is 0 Å². The Morgan fingerprint density at radius 1 is 1.25 bits per heavy atom. The molecule has 0 saturated heterocycles. The van der Waals surface area contributed by atoms with Gasteiger partial charge < -0.3 is 4.42 Å². The highest BCUT2D eigenvalue weighted by Crippen LogP contribution is 2.30. The van der Waals surface area contributed by atoms with Crippen molar-refractivity contribution in [2.75, 3.05) is 0 Å². The molecule has 0 amide bonds. The van der Waals surface area contributed by atoms with E-state index in [4.69, 9.17) is 4.42 Å². The minimum atomic E-state index is -0.407. The summed E-state index contributed by atoms with van der Waals surface area (Å²) in [5, 5.41) is 6.30. The molecule has 0 aliphatic carbocycles. The molecule has 3 aromatic heterocycles. The lowest BCUT2D eigenvalue weighted by Crippen LogP contribution is -2.16. The molecule has 0 saturated carbocycles. The minimum absolute atomic E-state index is 0.293. The summed E-state index contributed by atoms with van der Waals surface area (Å²) in [6.45, 7) is 0. The summed E-state index contributed by atoms with van der Waals surface area (Å²) in [6, 6.07) is 9.73. The average molecular weight is 339 g/mol. The molecular weight excluding hydrogens is 329 g/mol. The van der Waals surface area contributed by atoms with E-state index in [1.165, 1.54) is 29.9 Å². The molecule has 24 heavy (non-hydrogen) atoms. The molecule has 0 radical (unpaired) electrons. The molecule has 0 aliphatic rings. The number of nitrogens with zero attached hydrogens (tertiary/aromatic N) is 3. The molecule has 0 atom stereocenters. The van der Waals surface area contributed by atoms with Gasteiger partial charge in [0, 0.05) is 16.5 Å². The van der Waals surface area contributed by atoms with Crippen LogP contribution < -0.4 is 5.56 Å². The van der Waals surface area contributed by atoms with Crippen LogP contribution in [0.5, 0.6) is 0 Å². The zero-order valence-corrected chi connectivity index (χ0v) is 13.0. The Kier molecular flexibility index (Phi) is 3.55. The number of hydrogen-bond acceptors (Lipinski definition) is 5. The molecule has 3 heterocycles. The van der Waals surface area contributed by atoms with E-state index in [0.29, 0.717) is 27.1 Å². The summed E-state index contributed by atoms with van der Waals surface area (Å²) in [4.78, 5) is 17.5. The first kappa shape index (κ1) is 14.5. The van der Waals surface area contributed by atoms with E-state index in [9.17, 15) is 9.18 Å². The Balaban J connectivity index is 1.83. The monoisotopic (exact) mass is 339 g/mol. The first-order valence-electron chi connectivity index (χ1n) is 7.05. The smallest absolute Gasteiger partial charge is 0.283 e. The first-order chi connectivity index (χ1) is 11.7. The Hall–Kier alpha value is -3.06. The second kappa shape index (κ2) is 5.86. The minimum Gasteiger partial charge on any atom is -0.464 e. The summed E-state index contributed by atoms with van der Waals surface area (Å²) in [5.74, 6) is 0.186. The van der Waals surface area contributed by atoms with Crippen molar-refractivity contribution in [1.82, 2.24) is 9.66 Å². The van der Waals surface area contributed by atoms with Crippen molar-refractivity contribution in [1.29, 1.82) is 0 Å². The maximum Gasteiger partial charge on any atom is 0.283 e. The van der Waals surface area contributed by atoms with Gasteiger partial charge in [-0.2, -0.15) is 9.78 Å². The first-order valence-corrected chi connectivity index (χ1v) is 7.93. The van der Waals surface area contributed by atoms with Gasteiger partial charge in [-0.15, -0.1) is 11.3 Å². The number of benzene rings is 1. The van der Waals surface area contributed by atoms with Crippen molar-refractivity contribution in [3.63, 3.8) is 0 Å². The van der Waals surface area contributed by atoms with Crippen LogP contribution in [-0.2, 0) is 0 Å². The predicted octanol–water partition coefficient (Wildman–Crippen LogP) is 3.74. The molecule has 0 N–H and O–H groups in total. The maximum atomic E-state index is 13.6. The van der Waals surface area contributed by atoms with Crippen LogP contribution in [0.2, 0.25) is 0 Å². The molecule has 7 heteroatoms. The van der Waals surface area contributed by atoms with Crippen LogP contribution in [0, 0.1) is 5.82 Å². The van der Waals surface area contributed by atoms with Gasteiger partial charge in [-0.05, 0) is 18.2 Å². The summed E-state index contributed by atoms with van der Waals surface area (Å²) < 4.78 is 20.1. The van der Waals surface area contributed by atoms with Crippen molar-refractivity contribution >= 4 is 27.8 Å². The predicted molar refractivity (Wildman–Crippen MR) is 91.0 cm³/mol. The van der Waals surface area contributed by atoms with Crippen LogP contribution in [0.25, 0.3) is 21.5 Å². The molecule has 118 valence electrons. The number of rotatable bonds is 3. The van der Waals surface area contributed by atoms with Gasteiger partial charge in [-0.3, -0.25) is 4.79 Å². The van der Waals surface area contributed by atoms with E-state index in [0.717, 1.165) is 4.68 Å². The third-order valence-corrected chi connectivity index (χ3v) is 4.38. The van der Waals surface area contributed by atoms with Gasteiger partial charge in [0.1, 0.15) is 22.7 Å². The summed E-state index contributed by atoms with van der Waals surface area (Å²) in [5.41, 5.74) is 0.634. The van der Waals surface area contributed by atoms with Gasteiger partial charge in [-0.25, -0.2) is 9.37 Å². The van der Waals surface area contributed by atoms with E-state index in [2.05, 4.69) is 10.1 Å². The van der Waals surface area contributed by atoms with Crippen LogP contribution >= 0.6 is 11.3 Å². The number of hydrogen-bond donors (Lipinski definition) is 0. The van der Waals surface area contributed by atoms with Crippen LogP contribution in [-0.4, -0.2) is 15.9 Å². The number of fused-ring (bicyclic) bond motifs is 1. The average Bonchev–Trinajstić information content (AvgIpc) is 3.25. The van der Waals surface area contributed by atoms with E-state index < -0.39 is 5.82 Å². The summed E-state index contributed by atoms with van der Waals surface area (Å²) in [6.07, 6.45) is 4.16. The Morgan fingerprint density at radius 3 is 2.92 bits per heavy atom. The number of halogens is 1. The zero-order valence-electron chi connectivity index (χ0n) is 12.2. The van der Waals surface area contributed by atoms with Gasteiger partial charge in [0.25, 0.3) is 5.56 Å². The summed E-state index contributed by atoms with van der Waals surface area (Å²) >= 11 is 1.36. The molecule has 5 nitrogen and oxygen atoms in total. The highest BCUT2D eigenvalue weighted by atomic mass is 32.1. The molecule has 0 unspecified atom stereocenters. The highest BCUT2D eigenvalue weighted by Gasteiger charge is 2.14. The molecule has 0 bridgehead atoms. The van der Waals surface area contributed by atoms with Crippen molar-refractivity contribution in [3.8, 4) is 11.3 Å². The van der Waals surface area contributed by atoms with Crippen molar-refractivity contribution in [2.45, 2.75) is 0 Å². The van der Waals surface area contributed by atoms with Gasteiger partial charge in [0.05, 0.1) is 17.9 Å². The highest BCUT2D eigenvalue weighted by molar-refractivity contribution is 7.17. The third kappa shape index (κ3) is 2.44. The van der Waals surface area contributed by atoms with Crippen molar-refractivity contribution in [3.05, 3.63) is 76.1 Å². The molecule has 4 rings (SSSR count). The van der Waals surface area contributed by atoms with Crippen molar-refractivity contribution in [2.24, 2.45) is 5.10 Å². The van der Waals surface area contributed by atoms with E-state index in [1.807, 2.05) is 5.38 Å². The lowest BCUT2D eigenvalue weighted by molar-refractivity contribution is 0.583. The normalized spacial score (nSPS) is 11.5. The van der Waals surface area contributed by atoms with Gasteiger partial charge in [-0.1, -0.05) is 18.2 Å². The van der Waals surface area contributed by atoms with E-state index in [-0.39, 0.29) is 5.56 Å². The van der Waals surface area contributed by atoms with Crippen LogP contribution in [0.15, 0.2) is 68.7 Å². The zero-order chi connectivity index (χ0) is 16.5. The Labute approximate surface area is 139 Å². The third-order valence-electron chi connectivity index (χ3n) is 3.49. The number of furan rings is 1. The van der Waals surface area contributed by atoms with E-state index >= 15 is 0 Å². The number of thiophene rings is 1. The fourth-order valence-corrected chi connectivity index (χ4v) is 3.21. The Morgan fingerprint density at radius 2 is 2.12 bits per heavy atom. The fraction of sp³-hybridized carbons (Fsp3) is 0. The second-order valence-corrected chi connectivity index (χ2v) is 5.83. The van der Waals surface area contributed by atoms with Crippen LogP contribution in [0.3, 0.4) is 0 Å². The van der Waals surface area contributed by atoms with Crippen molar-refractivity contribution < 1.29 is 8.81 Å². The molecule has 4 aromatic rings. The van der Waals surface area contributed by atoms with Crippen LogP contribution in [0.1, 0.15) is 5.56 Å². The molecule has 0 fully saturated rings. The fourth-order valence-electron chi connectivity index (χ4n) is 2.32. The van der Waals surface area contributed by atoms with Gasteiger partial charge >= 0.3 is 0 Å². The standard InChI is InChI=1S/C17H10FN3O2S/c18-13-5-2-1-4-11(13)8-20-21-10-19-16-15(17(21)22)12(9-24-16)14-6-3-7-23-14/h1-10H/b20-8-. The quantitative estimate of drug-likeness (QED) is 0.534. The lowest BCUT2D eigenvalue weighted by Gasteiger charge is -2.00.